The van der Waals surface area contributed by atoms with E-state index in [-0.39, 0.29) is 34.3 Å². The molecule has 2 aromatic carbocycles. The van der Waals surface area contributed by atoms with Gasteiger partial charge in [0.25, 0.3) is 5.91 Å². The summed E-state index contributed by atoms with van der Waals surface area (Å²) in [5.74, 6) is -0.931. The van der Waals surface area contributed by atoms with Crippen LogP contribution in [0.15, 0.2) is 48.5 Å². The van der Waals surface area contributed by atoms with Gasteiger partial charge in [-0.2, -0.15) is 0 Å². The van der Waals surface area contributed by atoms with Gasteiger partial charge < -0.3 is 24.6 Å². The number of hydrogen-bond acceptors (Lipinski definition) is 8. The Morgan fingerprint density at radius 3 is 2.38 bits per heavy atom. The molecule has 1 heterocycles. The van der Waals surface area contributed by atoms with Gasteiger partial charge in [0.1, 0.15) is 22.9 Å². The molecule has 3 rings (SSSR count). The maximum absolute atomic E-state index is 13.6. The molecule has 0 spiro atoms. The van der Waals surface area contributed by atoms with Crippen LogP contribution in [0, 0.1) is 5.82 Å². The summed E-state index contributed by atoms with van der Waals surface area (Å²) in [6.07, 6.45) is 1.03. The number of carbonyl (C=O) groups excluding carboxylic acids is 1. The Labute approximate surface area is 219 Å². The SMILES string of the molecule is COc1cc(C(=O)NCC(C)(O)c2ccc(OC)c(-c3ccc(F)c(Cl)c3)n2)ccc1OCS(C)(=O)=O. The molecule has 1 atom stereocenters. The number of hydrogen-bond donors (Lipinski definition) is 2. The number of amides is 1. The summed E-state index contributed by atoms with van der Waals surface area (Å²) in [6.45, 7) is 1.27. The van der Waals surface area contributed by atoms with Crippen molar-refractivity contribution in [1.82, 2.24) is 10.3 Å². The molecule has 0 aliphatic carbocycles. The van der Waals surface area contributed by atoms with E-state index in [2.05, 4.69) is 10.3 Å². The molecule has 1 amide bonds. The predicted molar refractivity (Wildman–Crippen MR) is 136 cm³/mol. The van der Waals surface area contributed by atoms with Crippen LogP contribution in [0.3, 0.4) is 0 Å². The second-order valence-corrected chi connectivity index (χ2v) is 10.9. The van der Waals surface area contributed by atoms with E-state index in [1.54, 1.807) is 12.1 Å². The zero-order valence-electron chi connectivity index (χ0n) is 20.5. The number of nitrogens with zero attached hydrogens (tertiary/aromatic N) is 1. The minimum absolute atomic E-state index is 0.0889. The van der Waals surface area contributed by atoms with Gasteiger partial charge in [-0.3, -0.25) is 4.79 Å². The average molecular weight is 553 g/mol. The smallest absolute Gasteiger partial charge is 0.251 e. The van der Waals surface area contributed by atoms with Crippen LogP contribution in [0.25, 0.3) is 11.3 Å². The molecule has 198 valence electrons. The van der Waals surface area contributed by atoms with Gasteiger partial charge in [-0.1, -0.05) is 11.6 Å². The van der Waals surface area contributed by atoms with Gasteiger partial charge in [0.05, 0.1) is 31.5 Å². The number of rotatable bonds is 10. The van der Waals surface area contributed by atoms with Gasteiger partial charge >= 0.3 is 0 Å². The van der Waals surface area contributed by atoms with Crippen LogP contribution in [0.5, 0.6) is 17.2 Å². The van der Waals surface area contributed by atoms with Crippen molar-refractivity contribution in [2.45, 2.75) is 12.5 Å². The van der Waals surface area contributed by atoms with Gasteiger partial charge in [0, 0.05) is 17.4 Å². The molecule has 37 heavy (non-hydrogen) atoms. The maximum Gasteiger partial charge on any atom is 0.251 e. The number of halogens is 2. The Balaban J connectivity index is 1.79. The van der Waals surface area contributed by atoms with Crippen molar-refractivity contribution in [2.75, 3.05) is 33.0 Å². The first-order valence-corrected chi connectivity index (χ1v) is 13.3. The summed E-state index contributed by atoms with van der Waals surface area (Å²) in [4.78, 5) is 17.3. The summed E-state index contributed by atoms with van der Waals surface area (Å²) < 4.78 is 52.2. The Hall–Kier alpha value is -3.41. The zero-order chi connectivity index (χ0) is 27.4. The molecule has 0 saturated carbocycles. The molecule has 3 aromatic rings. The quantitative estimate of drug-likeness (QED) is 0.391. The van der Waals surface area contributed by atoms with Gasteiger partial charge in [0.15, 0.2) is 27.3 Å². The van der Waals surface area contributed by atoms with Crippen molar-refractivity contribution in [3.8, 4) is 28.5 Å². The first-order valence-electron chi connectivity index (χ1n) is 10.8. The first-order chi connectivity index (χ1) is 17.3. The number of aromatic nitrogens is 1. The monoisotopic (exact) mass is 552 g/mol. The predicted octanol–water partition coefficient (Wildman–Crippen LogP) is 3.58. The number of nitrogens with one attached hydrogen (secondary N) is 1. The van der Waals surface area contributed by atoms with Crippen molar-refractivity contribution in [1.29, 1.82) is 0 Å². The van der Waals surface area contributed by atoms with Gasteiger partial charge in [-0.25, -0.2) is 17.8 Å². The van der Waals surface area contributed by atoms with Crippen LogP contribution in [0.2, 0.25) is 5.02 Å². The number of methoxy groups -OCH3 is 2. The summed E-state index contributed by atoms with van der Waals surface area (Å²) in [5, 5.41) is 13.7. The fraction of sp³-hybridized carbons (Fsp3) is 0.280. The number of ether oxygens (including phenoxy) is 3. The number of aliphatic hydroxyl groups is 1. The van der Waals surface area contributed by atoms with Gasteiger partial charge in [0.2, 0.25) is 0 Å². The highest BCUT2D eigenvalue weighted by molar-refractivity contribution is 7.90. The van der Waals surface area contributed by atoms with E-state index in [4.69, 9.17) is 25.8 Å². The Kier molecular flexibility index (Phi) is 8.62. The Bertz CT molecular complexity index is 1410. The third-order valence-corrected chi connectivity index (χ3v) is 6.11. The minimum Gasteiger partial charge on any atom is -0.494 e. The van der Waals surface area contributed by atoms with Gasteiger partial charge in [-0.05, 0) is 55.5 Å². The van der Waals surface area contributed by atoms with E-state index in [1.165, 1.54) is 57.5 Å². The fourth-order valence-electron chi connectivity index (χ4n) is 3.30. The standard InChI is InChI=1S/C25H26ClFN2O7S/c1-25(31,22-10-9-20(34-2)23(29-22)15-5-7-18(27)17(26)11-15)13-28-24(30)16-6-8-19(21(12-16)35-3)36-14-37(4,32)33/h5-12,31H,13-14H2,1-4H3,(H,28,30). The largest absolute Gasteiger partial charge is 0.494 e. The molecule has 0 bridgehead atoms. The van der Waals surface area contributed by atoms with Crippen molar-refractivity contribution in [3.05, 3.63) is 70.6 Å². The second-order valence-electron chi connectivity index (χ2n) is 8.39. The highest BCUT2D eigenvalue weighted by Crippen LogP contribution is 2.33. The van der Waals surface area contributed by atoms with Crippen LogP contribution in [0.1, 0.15) is 23.0 Å². The zero-order valence-corrected chi connectivity index (χ0v) is 22.1. The van der Waals surface area contributed by atoms with E-state index < -0.39 is 33.1 Å². The lowest BCUT2D eigenvalue weighted by atomic mass is 9.99. The summed E-state index contributed by atoms with van der Waals surface area (Å²) in [6, 6.07) is 11.5. The molecule has 0 radical (unpaired) electrons. The van der Waals surface area contributed by atoms with E-state index in [1.807, 2.05) is 0 Å². The minimum atomic E-state index is -3.38. The second kappa shape index (κ2) is 11.3. The molecule has 12 heteroatoms. The van der Waals surface area contributed by atoms with E-state index in [0.29, 0.717) is 17.0 Å². The van der Waals surface area contributed by atoms with E-state index in [9.17, 15) is 22.7 Å². The normalized spacial score (nSPS) is 12.9. The van der Waals surface area contributed by atoms with Crippen molar-refractivity contribution in [3.63, 3.8) is 0 Å². The molecular formula is C25H26ClFN2O7S. The molecule has 0 saturated heterocycles. The van der Waals surface area contributed by atoms with Crippen molar-refractivity contribution >= 4 is 27.3 Å². The summed E-state index contributed by atoms with van der Waals surface area (Å²) in [7, 11) is -0.565. The topological polar surface area (TPSA) is 124 Å². The van der Waals surface area contributed by atoms with Gasteiger partial charge in [-0.15, -0.1) is 0 Å². The lowest BCUT2D eigenvalue weighted by Crippen LogP contribution is -2.39. The fourth-order valence-corrected chi connectivity index (χ4v) is 3.83. The van der Waals surface area contributed by atoms with Crippen LogP contribution in [-0.4, -0.2) is 57.4 Å². The molecule has 0 fully saturated rings. The molecule has 9 nitrogen and oxygen atoms in total. The molecule has 2 N–H and O–H groups in total. The van der Waals surface area contributed by atoms with Crippen molar-refractivity contribution in [2.24, 2.45) is 0 Å². The Morgan fingerprint density at radius 1 is 1.08 bits per heavy atom. The number of sulfone groups is 1. The molecule has 0 aliphatic rings. The molecule has 0 aliphatic heterocycles. The first kappa shape index (κ1) is 28.2. The lowest BCUT2D eigenvalue weighted by molar-refractivity contribution is 0.0489. The third-order valence-electron chi connectivity index (χ3n) is 5.27. The van der Waals surface area contributed by atoms with Crippen molar-refractivity contribution < 1.29 is 36.9 Å². The van der Waals surface area contributed by atoms with Crippen LogP contribution in [0.4, 0.5) is 4.39 Å². The number of pyridine rings is 1. The third kappa shape index (κ3) is 7.09. The van der Waals surface area contributed by atoms with Crippen LogP contribution >= 0.6 is 11.6 Å². The highest BCUT2D eigenvalue weighted by atomic mass is 35.5. The summed E-state index contributed by atoms with van der Waals surface area (Å²) in [5.41, 5.74) is -0.351. The van der Waals surface area contributed by atoms with Crippen LogP contribution in [-0.2, 0) is 15.4 Å². The summed E-state index contributed by atoms with van der Waals surface area (Å²) >= 11 is 5.92. The van der Waals surface area contributed by atoms with E-state index in [0.717, 1.165) is 6.26 Å². The molecule has 1 aromatic heterocycles. The maximum atomic E-state index is 13.6. The Morgan fingerprint density at radius 2 is 1.76 bits per heavy atom. The lowest BCUT2D eigenvalue weighted by Gasteiger charge is -2.24. The highest BCUT2D eigenvalue weighted by Gasteiger charge is 2.27. The number of benzene rings is 2. The number of carbonyl (C=O) groups is 1. The van der Waals surface area contributed by atoms with E-state index >= 15 is 0 Å². The van der Waals surface area contributed by atoms with Crippen LogP contribution < -0.4 is 19.5 Å². The molecular weight excluding hydrogens is 527 g/mol. The molecule has 1 unspecified atom stereocenters. The average Bonchev–Trinajstić information content (AvgIpc) is 2.86.